The van der Waals surface area contributed by atoms with Gasteiger partial charge in [0.15, 0.2) is 11.3 Å². The maximum Gasteiger partial charge on any atom is 0.389 e. The maximum absolute atomic E-state index is 14.1. The Balaban J connectivity index is 1.34. The Hall–Kier alpha value is -4.42. The second-order valence-corrected chi connectivity index (χ2v) is 12.0. The van der Waals surface area contributed by atoms with E-state index in [4.69, 9.17) is 5.26 Å². The Labute approximate surface area is 261 Å². The molecule has 0 aliphatic heterocycles. The molecule has 2 aliphatic rings. The quantitative estimate of drug-likeness (QED) is 0.187. The van der Waals surface area contributed by atoms with E-state index in [1.807, 2.05) is 6.07 Å². The lowest BCUT2D eigenvalue weighted by atomic mass is 9.81. The number of carbonyl (C=O) groups is 2. The van der Waals surface area contributed by atoms with Gasteiger partial charge in [0, 0.05) is 24.8 Å². The van der Waals surface area contributed by atoms with Crippen LogP contribution in [0.15, 0.2) is 36.8 Å². The van der Waals surface area contributed by atoms with Gasteiger partial charge in [-0.25, -0.2) is 18.3 Å². The molecule has 0 radical (unpaired) electrons. The van der Waals surface area contributed by atoms with Gasteiger partial charge < -0.3 is 10.6 Å². The third-order valence-corrected chi connectivity index (χ3v) is 8.37. The van der Waals surface area contributed by atoms with Gasteiger partial charge in [0.2, 0.25) is 11.8 Å². The van der Waals surface area contributed by atoms with E-state index in [1.54, 1.807) is 12.3 Å². The van der Waals surface area contributed by atoms with E-state index >= 15 is 0 Å². The number of rotatable bonds is 13. The fraction of sp³-hybridized carbons (Fsp3) is 0.567. The number of hydrogen-bond donors (Lipinski definition) is 2. The van der Waals surface area contributed by atoms with Crippen LogP contribution >= 0.6 is 0 Å². The summed E-state index contributed by atoms with van der Waals surface area (Å²) in [6.45, 7) is 3.99. The average molecular weight is 648 g/mol. The molecule has 3 aromatic heterocycles. The Morgan fingerprint density at radius 1 is 1.07 bits per heavy atom. The molecule has 1 unspecified atom stereocenters. The largest absolute Gasteiger partial charge is 0.389 e. The predicted octanol–water partition coefficient (Wildman–Crippen LogP) is 5.39. The van der Waals surface area contributed by atoms with Crippen molar-refractivity contribution in [3.8, 4) is 6.07 Å². The summed E-state index contributed by atoms with van der Waals surface area (Å²) in [6.07, 6.45) is 0.333. The predicted molar refractivity (Wildman–Crippen MR) is 153 cm³/mol. The standard InChI is InChI=1S/C30H34F5N9O2/c1-18(14-36)3-2-12-44-38-16-22(42-44)28(46)41-27(20-6-9-29(31,32)10-7-20)23-17-43-24(39-23)13-21(15-37-43)26(19-4-5-19)40-25(45)8-11-30(33,34)35/h13,15-17,19-20,26-27H,1-12H2,(H,40,45)(H,41,46)/t26?,27-/m0/s1. The van der Waals surface area contributed by atoms with Crippen LogP contribution in [0.1, 0.15) is 98.0 Å². The summed E-state index contributed by atoms with van der Waals surface area (Å²) >= 11 is 0. The first kappa shape index (κ1) is 33.0. The topological polar surface area (TPSA) is 143 Å². The van der Waals surface area contributed by atoms with Gasteiger partial charge in [0.1, 0.15) is 0 Å². The molecule has 246 valence electrons. The van der Waals surface area contributed by atoms with Gasteiger partial charge in [-0.15, -0.1) is 5.10 Å². The number of hydrogen-bond acceptors (Lipinski definition) is 7. The fourth-order valence-corrected chi connectivity index (χ4v) is 5.68. The Bertz CT molecular complexity index is 1610. The lowest BCUT2D eigenvalue weighted by Gasteiger charge is -2.33. The van der Waals surface area contributed by atoms with E-state index in [0.717, 1.165) is 12.8 Å². The number of nitrogens with one attached hydrogen (secondary N) is 2. The molecular formula is C30H34F5N9O2. The summed E-state index contributed by atoms with van der Waals surface area (Å²) < 4.78 is 67.5. The van der Waals surface area contributed by atoms with Crippen molar-refractivity contribution in [2.45, 2.75) is 94.9 Å². The van der Waals surface area contributed by atoms with Crippen molar-refractivity contribution < 1.29 is 31.5 Å². The van der Waals surface area contributed by atoms with Gasteiger partial charge in [-0.2, -0.15) is 33.4 Å². The van der Waals surface area contributed by atoms with Gasteiger partial charge in [-0.05, 0) is 62.0 Å². The molecule has 0 saturated heterocycles. The minimum atomic E-state index is -4.44. The third kappa shape index (κ3) is 8.64. The van der Waals surface area contributed by atoms with Gasteiger partial charge in [0.25, 0.3) is 5.91 Å². The summed E-state index contributed by atoms with van der Waals surface area (Å²) in [7, 11) is 0. The molecule has 2 amide bonds. The second-order valence-electron chi connectivity index (χ2n) is 12.0. The fourth-order valence-electron chi connectivity index (χ4n) is 5.68. The van der Waals surface area contributed by atoms with Crippen molar-refractivity contribution >= 4 is 17.5 Å². The number of amides is 2. The Morgan fingerprint density at radius 3 is 2.46 bits per heavy atom. The molecule has 16 heteroatoms. The maximum atomic E-state index is 14.1. The van der Waals surface area contributed by atoms with E-state index < -0.39 is 48.8 Å². The summed E-state index contributed by atoms with van der Waals surface area (Å²) in [5, 5.41) is 27.2. The van der Waals surface area contributed by atoms with Crippen LogP contribution in [0.4, 0.5) is 22.0 Å². The SMILES string of the molecule is C=C(C#N)CCCn1ncc(C(=O)N[C@H](c2cn3ncc(C(NC(=O)CCC(F)(F)F)C4CC4)cc3n2)C2CCC(F)(F)CC2)n1. The zero-order valence-corrected chi connectivity index (χ0v) is 24.9. The molecule has 2 atom stereocenters. The van der Waals surface area contributed by atoms with Crippen LogP contribution in [0.3, 0.4) is 0 Å². The van der Waals surface area contributed by atoms with E-state index in [9.17, 15) is 31.5 Å². The number of nitrogens with zero attached hydrogens (tertiary/aromatic N) is 7. The lowest BCUT2D eigenvalue weighted by Crippen LogP contribution is -2.37. The van der Waals surface area contributed by atoms with Crippen LogP contribution in [-0.2, 0) is 11.3 Å². The van der Waals surface area contributed by atoms with Crippen molar-refractivity contribution in [2.75, 3.05) is 0 Å². The molecule has 3 heterocycles. The molecular weight excluding hydrogens is 613 g/mol. The molecule has 2 saturated carbocycles. The monoisotopic (exact) mass is 647 g/mol. The van der Waals surface area contributed by atoms with Crippen molar-refractivity contribution in [1.82, 2.24) is 40.2 Å². The normalized spacial score (nSPS) is 18.1. The van der Waals surface area contributed by atoms with Crippen LogP contribution in [0, 0.1) is 23.2 Å². The number of aryl methyl sites for hydroxylation is 1. The average Bonchev–Trinajstić information content (AvgIpc) is 3.58. The van der Waals surface area contributed by atoms with Crippen LogP contribution in [0.2, 0.25) is 0 Å². The highest BCUT2D eigenvalue weighted by molar-refractivity contribution is 5.92. The van der Waals surface area contributed by atoms with E-state index in [0.29, 0.717) is 41.9 Å². The van der Waals surface area contributed by atoms with Gasteiger partial charge in [-0.1, -0.05) is 6.58 Å². The van der Waals surface area contributed by atoms with Crippen LogP contribution in [-0.4, -0.2) is 53.5 Å². The second kappa shape index (κ2) is 13.5. The molecule has 46 heavy (non-hydrogen) atoms. The first-order valence-electron chi connectivity index (χ1n) is 15.2. The number of halogens is 5. The third-order valence-electron chi connectivity index (χ3n) is 8.37. The Morgan fingerprint density at radius 2 is 1.78 bits per heavy atom. The molecule has 0 aromatic carbocycles. The molecule has 2 aliphatic carbocycles. The molecule has 11 nitrogen and oxygen atoms in total. The number of alkyl halides is 5. The summed E-state index contributed by atoms with van der Waals surface area (Å²) in [5.74, 6) is -4.35. The highest BCUT2D eigenvalue weighted by Crippen LogP contribution is 2.43. The van der Waals surface area contributed by atoms with Crippen LogP contribution in [0.5, 0.6) is 0 Å². The first-order chi connectivity index (χ1) is 21.8. The van der Waals surface area contributed by atoms with Crippen molar-refractivity contribution in [2.24, 2.45) is 11.8 Å². The van der Waals surface area contributed by atoms with Crippen LogP contribution in [0.25, 0.3) is 5.65 Å². The van der Waals surface area contributed by atoms with E-state index in [2.05, 4.69) is 37.5 Å². The summed E-state index contributed by atoms with van der Waals surface area (Å²) in [4.78, 5) is 31.6. The molecule has 2 N–H and O–H groups in total. The smallest absolute Gasteiger partial charge is 0.349 e. The van der Waals surface area contributed by atoms with Gasteiger partial charge in [-0.3, -0.25) is 9.59 Å². The molecule has 2 fully saturated rings. The van der Waals surface area contributed by atoms with E-state index in [-0.39, 0.29) is 43.2 Å². The number of carbonyl (C=O) groups excluding carboxylic acids is 2. The van der Waals surface area contributed by atoms with Crippen molar-refractivity contribution in [1.29, 1.82) is 5.26 Å². The van der Waals surface area contributed by atoms with Crippen molar-refractivity contribution in [3.05, 3.63) is 53.8 Å². The molecule has 5 rings (SSSR count). The molecule has 0 spiro atoms. The molecule has 3 aromatic rings. The van der Waals surface area contributed by atoms with Crippen LogP contribution < -0.4 is 10.6 Å². The van der Waals surface area contributed by atoms with Gasteiger partial charge >= 0.3 is 6.18 Å². The van der Waals surface area contributed by atoms with E-state index in [1.165, 1.54) is 21.7 Å². The minimum absolute atomic E-state index is 0.0305. The number of nitriles is 1. The first-order valence-corrected chi connectivity index (χ1v) is 15.2. The number of aromatic nitrogens is 6. The highest BCUT2D eigenvalue weighted by Gasteiger charge is 2.40. The summed E-state index contributed by atoms with van der Waals surface area (Å²) in [6, 6.07) is 2.37. The number of imidazole rings is 1. The molecule has 0 bridgehead atoms. The Kier molecular flexibility index (Phi) is 9.68. The minimum Gasteiger partial charge on any atom is -0.349 e. The van der Waals surface area contributed by atoms with Gasteiger partial charge in [0.05, 0.1) is 55.4 Å². The zero-order valence-electron chi connectivity index (χ0n) is 24.9. The number of fused-ring (bicyclic) bond motifs is 1. The highest BCUT2D eigenvalue weighted by atomic mass is 19.4. The number of allylic oxidation sites excluding steroid dienone is 1. The summed E-state index contributed by atoms with van der Waals surface area (Å²) in [5.41, 5.74) is 1.80. The van der Waals surface area contributed by atoms with Crippen molar-refractivity contribution in [3.63, 3.8) is 0 Å². The lowest BCUT2D eigenvalue weighted by molar-refractivity contribution is -0.144. The zero-order chi connectivity index (χ0) is 33.1.